The number of rotatable bonds is 8. The van der Waals surface area contributed by atoms with Crippen molar-refractivity contribution in [2.24, 2.45) is 0 Å². The molecule has 1 saturated heterocycles. The van der Waals surface area contributed by atoms with E-state index < -0.39 is 10.0 Å². The fraction of sp³-hybridized carbons (Fsp3) is 0.600. The zero-order chi connectivity index (χ0) is 21.6. The number of carbonyl (C=O) groups excluding carboxylic acids is 2. The number of nitrogens with zero attached hydrogens (tertiary/aromatic N) is 2. The van der Waals surface area contributed by atoms with Crippen LogP contribution in [0.1, 0.15) is 25.0 Å². The first kappa shape index (κ1) is 23.3. The predicted octanol–water partition coefficient (Wildman–Crippen LogP) is -0.823. The summed E-state index contributed by atoms with van der Waals surface area (Å²) < 4.78 is 27.6. The molecule has 1 fully saturated rings. The molecule has 0 saturated carbocycles. The molecule has 0 unspecified atom stereocenters. The molecule has 2 rings (SSSR count). The maximum absolute atomic E-state index is 13.0. The summed E-state index contributed by atoms with van der Waals surface area (Å²) >= 11 is 0. The molecule has 2 amide bonds. The third-order valence-electron chi connectivity index (χ3n) is 5.24. The highest BCUT2D eigenvalue weighted by Crippen LogP contribution is 2.21. The van der Waals surface area contributed by atoms with Crippen molar-refractivity contribution >= 4 is 21.8 Å². The lowest BCUT2D eigenvalue weighted by atomic mass is 10.2. The van der Waals surface area contributed by atoms with Gasteiger partial charge in [0.2, 0.25) is 15.9 Å². The Morgan fingerprint density at radius 2 is 1.83 bits per heavy atom. The zero-order valence-corrected chi connectivity index (χ0v) is 18.6. The van der Waals surface area contributed by atoms with E-state index in [0.29, 0.717) is 44.2 Å². The van der Waals surface area contributed by atoms with E-state index >= 15 is 0 Å². The molecule has 9 heteroatoms. The quantitative estimate of drug-likeness (QED) is 0.569. The summed E-state index contributed by atoms with van der Waals surface area (Å²) in [5, 5.41) is 2.70. The molecule has 1 aliphatic heterocycles. The molecule has 1 heterocycles. The number of aryl methyl sites for hydroxylation is 2. The van der Waals surface area contributed by atoms with Gasteiger partial charge in [0, 0.05) is 13.1 Å². The number of benzene rings is 1. The van der Waals surface area contributed by atoms with Gasteiger partial charge in [-0.3, -0.25) is 9.59 Å². The number of quaternary nitrogens is 1. The van der Waals surface area contributed by atoms with Gasteiger partial charge >= 0.3 is 0 Å². The molecule has 29 heavy (non-hydrogen) atoms. The van der Waals surface area contributed by atoms with Gasteiger partial charge in [-0.2, -0.15) is 4.31 Å². The number of sulfonamides is 1. The van der Waals surface area contributed by atoms with Crippen LogP contribution in [0.3, 0.4) is 0 Å². The molecule has 0 aromatic heterocycles. The summed E-state index contributed by atoms with van der Waals surface area (Å²) in [7, 11) is -3.54. The minimum atomic E-state index is -3.54. The molecule has 1 aliphatic rings. The van der Waals surface area contributed by atoms with E-state index in [9.17, 15) is 18.0 Å². The first-order valence-corrected chi connectivity index (χ1v) is 11.6. The number of nitrogens with one attached hydrogen (secondary N) is 2. The van der Waals surface area contributed by atoms with Crippen molar-refractivity contribution in [2.45, 2.75) is 32.6 Å². The van der Waals surface area contributed by atoms with E-state index in [-0.39, 0.29) is 24.9 Å². The number of hydrogen-bond donors (Lipinski definition) is 2. The number of carbonyl (C=O) groups is 2. The van der Waals surface area contributed by atoms with E-state index in [1.54, 1.807) is 13.0 Å². The van der Waals surface area contributed by atoms with Crippen molar-refractivity contribution < 1.29 is 22.9 Å². The van der Waals surface area contributed by atoms with Gasteiger partial charge in [-0.25, -0.2) is 8.42 Å². The molecule has 0 atom stereocenters. The fourth-order valence-corrected chi connectivity index (χ4v) is 5.22. The molecule has 0 radical (unpaired) electrons. The lowest BCUT2D eigenvalue weighted by molar-refractivity contribution is -0.896. The SMILES string of the molecule is CCNC(=O)CN(CC)C(=O)C[NH+]1CCN(S(=O)(=O)c2cc(C)ccc2C)CC1. The fourth-order valence-electron chi connectivity index (χ4n) is 3.47. The van der Waals surface area contributed by atoms with E-state index in [0.717, 1.165) is 16.0 Å². The standard InChI is InChI=1S/C20H32N4O4S/c1-5-21-19(25)14-23(6-2)20(26)15-22-9-11-24(12-10-22)29(27,28)18-13-16(3)7-8-17(18)4/h7-8,13H,5-6,9-12,14-15H2,1-4H3,(H,21,25)/p+1. The van der Waals surface area contributed by atoms with Gasteiger partial charge in [0.25, 0.3) is 5.91 Å². The second kappa shape index (κ2) is 10.2. The Morgan fingerprint density at radius 1 is 1.17 bits per heavy atom. The number of hydrogen-bond acceptors (Lipinski definition) is 4. The smallest absolute Gasteiger partial charge is 0.278 e. The summed E-state index contributed by atoms with van der Waals surface area (Å²) in [4.78, 5) is 27.3. The topological polar surface area (TPSA) is 91.2 Å². The maximum Gasteiger partial charge on any atom is 0.278 e. The van der Waals surface area contributed by atoms with Crippen molar-refractivity contribution in [1.29, 1.82) is 0 Å². The van der Waals surface area contributed by atoms with E-state index in [4.69, 9.17) is 0 Å². The van der Waals surface area contributed by atoms with E-state index in [1.807, 2.05) is 32.9 Å². The van der Waals surface area contributed by atoms with Crippen molar-refractivity contribution in [3.63, 3.8) is 0 Å². The third-order valence-corrected chi connectivity index (χ3v) is 7.28. The molecule has 1 aromatic rings. The second-order valence-electron chi connectivity index (χ2n) is 7.46. The van der Waals surface area contributed by atoms with Crippen molar-refractivity contribution in [3.05, 3.63) is 29.3 Å². The van der Waals surface area contributed by atoms with Crippen LogP contribution in [0, 0.1) is 13.8 Å². The molecule has 2 N–H and O–H groups in total. The monoisotopic (exact) mass is 425 g/mol. The summed E-state index contributed by atoms with van der Waals surface area (Å²) in [5.74, 6) is -0.248. The third kappa shape index (κ3) is 6.01. The Morgan fingerprint density at radius 3 is 2.41 bits per heavy atom. The van der Waals surface area contributed by atoms with Crippen LogP contribution in [-0.2, 0) is 19.6 Å². The van der Waals surface area contributed by atoms with Gasteiger partial charge in [0.05, 0.1) is 37.6 Å². The highest BCUT2D eigenvalue weighted by molar-refractivity contribution is 7.89. The van der Waals surface area contributed by atoms with Crippen LogP contribution >= 0.6 is 0 Å². The Bertz CT molecular complexity index is 833. The van der Waals surface area contributed by atoms with Crippen LogP contribution in [-0.4, -0.2) is 81.8 Å². The molecule has 8 nitrogen and oxygen atoms in total. The van der Waals surface area contributed by atoms with Crippen LogP contribution in [0.4, 0.5) is 0 Å². The average Bonchev–Trinajstić information content (AvgIpc) is 2.68. The van der Waals surface area contributed by atoms with Crippen LogP contribution in [0.25, 0.3) is 0 Å². The van der Waals surface area contributed by atoms with Crippen LogP contribution in [0.2, 0.25) is 0 Å². The highest BCUT2D eigenvalue weighted by atomic mass is 32.2. The molecule has 0 spiro atoms. The van der Waals surface area contributed by atoms with E-state index in [2.05, 4.69) is 5.32 Å². The molecule has 0 aliphatic carbocycles. The lowest BCUT2D eigenvalue weighted by Crippen LogP contribution is -3.15. The Labute approximate surface area is 173 Å². The van der Waals surface area contributed by atoms with Crippen LogP contribution < -0.4 is 10.2 Å². The molecular formula is C20H33N4O4S+. The van der Waals surface area contributed by atoms with Gasteiger partial charge in [0.15, 0.2) is 6.54 Å². The van der Waals surface area contributed by atoms with Crippen molar-refractivity contribution in [1.82, 2.24) is 14.5 Å². The van der Waals surface area contributed by atoms with Gasteiger partial charge in [-0.05, 0) is 44.9 Å². The molecule has 1 aromatic carbocycles. The average molecular weight is 426 g/mol. The summed E-state index contributed by atoms with van der Waals surface area (Å²) in [6.07, 6.45) is 0. The normalized spacial score (nSPS) is 15.9. The summed E-state index contributed by atoms with van der Waals surface area (Å²) in [6.45, 7) is 10.6. The Hall–Kier alpha value is -1.97. The Balaban J connectivity index is 1.95. The zero-order valence-electron chi connectivity index (χ0n) is 17.8. The summed E-state index contributed by atoms with van der Waals surface area (Å²) in [5.41, 5.74) is 1.65. The number of amides is 2. The molecule has 0 bridgehead atoms. The van der Waals surface area contributed by atoms with Gasteiger partial charge in [-0.15, -0.1) is 0 Å². The van der Waals surface area contributed by atoms with Crippen molar-refractivity contribution in [3.8, 4) is 0 Å². The van der Waals surface area contributed by atoms with E-state index in [1.165, 1.54) is 9.21 Å². The number of piperazine rings is 1. The van der Waals surface area contributed by atoms with Crippen LogP contribution in [0.15, 0.2) is 23.1 Å². The maximum atomic E-state index is 13.0. The summed E-state index contributed by atoms with van der Waals surface area (Å²) in [6, 6.07) is 5.45. The minimum absolute atomic E-state index is 0.0591. The largest absolute Gasteiger partial charge is 0.355 e. The Kier molecular flexibility index (Phi) is 8.18. The highest BCUT2D eigenvalue weighted by Gasteiger charge is 2.32. The predicted molar refractivity (Wildman–Crippen MR) is 111 cm³/mol. The van der Waals surface area contributed by atoms with Gasteiger partial charge in [-0.1, -0.05) is 12.1 Å². The lowest BCUT2D eigenvalue weighted by Gasteiger charge is -2.32. The number of likely N-dealkylation sites (N-methyl/N-ethyl adjacent to an activating group) is 2. The van der Waals surface area contributed by atoms with Crippen LogP contribution in [0.5, 0.6) is 0 Å². The van der Waals surface area contributed by atoms with Gasteiger partial charge < -0.3 is 15.1 Å². The molecular weight excluding hydrogens is 392 g/mol. The van der Waals surface area contributed by atoms with Gasteiger partial charge in [0.1, 0.15) is 0 Å². The second-order valence-corrected chi connectivity index (χ2v) is 9.37. The minimum Gasteiger partial charge on any atom is -0.355 e. The molecule has 162 valence electrons. The first-order valence-electron chi connectivity index (χ1n) is 10.1. The first-order chi connectivity index (χ1) is 13.7. The van der Waals surface area contributed by atoms with Crippen molar-refractivity contribution in [2.75, 3.05) is 52.4 Å².